The third-order valence-electron chi connectivity index (χ3n) is 2.64. The Balaban J connectivity index is 2.36. The highest BCUT2D eigenvalue weighted by molar-refractivity contribution is 7.07. The first kappa shape index (κ1) is 10.7. The Morgan fingerprint density at radius 3 is 2.69 bits per heavy atom. The van der Waals surface area contributed by atoms with Gasteiger partial charge in [0.1, 0.15) is 0 Å². The van der Waals surface area contributed by atoms with Crippen LogP contribution in [-0.4, -0.2) is 13.6 Å². The monoisotopic (exact) mass is 197 g/mol. The molecule has 0 aliphatic heterocycles. The fraction of sp³-hybridized carbons (Fsp3) is 0.636. The van der Waals surface area contributed by atoms with Crippen LogP contribution in [0.1, 0.15) is 19.4 Å². The van der Waals surface area contributed by atoms with Crippen molar-refractivity contribution in [1.82, 2.24) is 5.32 Å². The van der Waals surface area contributed by atoms with Gasteiger partial charge in [-0.3, -0.25) is 0 Å². The van der Waals surface area contributed by atoms with Crippen molar-refractivity contribution in [2.75, 3.05) is 13.6 Å². The average molecular weight is 197 g/mol. The summed E-state index contributed by atoms with van der Waals surface area (Å²) in [5.41, 5.74) is 1.49. The lowest BCUT2D eigenvalue weighted by Crippen LogP contribution is -2.23. The summed E-state index contributed by atoms with van der Waals surface area (Å²) in [6.45, 7) is 5.76. The molecule has 0 bridgehead atoms. The van der Waals surface area contributed by atoms with Gasteiger partial charge in [0.2, 0.25) is 0 Å². The Labute approximate surface area is 85.2 Å². The van der Waals surface area contributed by atoms with E-state index in [9.17, 15) is 0 Å². The van der Waals surface area contributed by atoms with Crippen molar-refractivity contribution in [1.29, 1.82) is 0 Å². The van der Waals surface area contributed by atoms with Gasteiger partial charge >= 0.3 is 0 Å². The minimum atomic E-state index is 0.755. The molecule has 0 saturated carbocycles. The van der Waals surface area contributed by atoms with Gasteiger partial charge in [-0.1, -0.05) is 13.8 Å². The summed E-state index contributed by atoms with van der Waals surface area (Å²) in [5.74, 6) is 1.52. The van der Waals surface area contributed by atoms with Crippen LogP contribution in [0, 0.1) is 11.8 Å². The predicted octanol–water partition coefficient (Wildman–Crippen LogP) is 2.78. The van der Waals surface area contributed by atoms with Crippen molar-refractivity contribution in [2.45, 2.75) is 20.3 Å². The van der Waals surface area contributed by atoms with E-state index in [0.29, 0.717) is 0 Å². The van der Waals surface area contributed by atoms with Crippen LogP contribution in [0.5, 0.6) is 0 Å². The molecule has 13 heavy (non-hydrogen) atoms. The summed E-state index contributed by atoms with van der Waals surface area (Å²) in [7, 11) is 2.02. The van der Waals surface area contributed by atoms with Crippen molar-refractivity contribution in [3.63, 3.8) is 0 Å². The molecule has 2 unspecified atom stereocenters. The van der Waals surface area contributed by atoms with Crippen LogP contribution in [-0.2, 0) is 6.42 Å². The summed E-state index contributed by atoms with van der Waals surface area (Å²) >= 11 is 1.79. The van der Waals surface area contributed by atoms with E-state index < -0.39 is 0 Å². The fourth-order valence-corrected chi connectivity index (χ4v) is 2.19. The second-order valence-corrected chi connectivity index (χ2v) is 4.63. The molecule has 0 aliphatic carbocycles. The molecule has 0 aromatic carbocycles. The van der Waals surface area contributed by atoms with Crippen molar-refractivity contribution in [3.05, 3.63) is 22.4 Å². The number of thiophene rings is 1. The molecule has 74 valence electrons. The Hall–Kier alpha value is -0.340. The normalized spacial score (nSPS) is 15.6. The van der Waals surface area contributed by atoms with E-state index in [1.54, 1.807) is 11.3 Å². The van der Waals surface area contributed by atoms with Crippen LogP contribution in [0.3, 0.4) is 0 Å². The molecule has 1 nitrogen and oxygen atoms in total. The molecular weight excluding hydrogens is 178 g/mol. The summed E-state index contributed by atoms with van der Waals surface area (Å²) in [6.07, 6.45) is 1.21. The Kier molecular flexibility index (Phi) is 4.46. The maximum absolute atomic E-state index is 3.23. The maximum atomic E-state index is 3.23. The standard InChI is InChI=1S/C11H19NS/c1-9(10(2)7-12-3)6-11-4-5-13-8-11/h4-5,8-10,12H,6-7H2,1-3H3. The van der Waals surface area contributed by atoms with Crippen LogP contribution >= 0.6 is 11.3 Å². The third-order valence-corrected chi connectivity index (χ3v) is 3.37. The van der Waals surface area contributed by atoms with Gasteiger partial charge in [0, 0.05) is 0 Å². The van der Waals surface area contributed by atoms with Gasteiger partial charge in [-0.05, 0) is 54.2 Å². The first-order valence-electron chi connectivity index (χ1n) is 4.89. The van der Waals surface area contributed by atoms with Crippen LogP contribution < -0.4 is 5.32 Å². The molecule has 1 aromatic rings. The second-order valence-electron chi connectivity index (χ2n) is 3.85. The summed E-state index contributed by atoms with van der Waals surface area (Å²) < 4.78 is 0. The van der Waals surface area contributed by atoms with Gasteiger partial charge in [-0.15, -0.1) is 0 Å². The highest BCUT2D eigenvalue weighted by Gasteiger charge is 2.11. The first-order valence-corrected chi connectivity index (χ1v) is 5.84. The zero-order chi connectivity index (χ0) is 9.68. The van der Waals surface area contributed by atoms with Gasteiger partial charge in [-0.2, -0.15) is 11.3 Å². The molecular formula is C11H19NS. The summed E-state index contributed by atoms with van der Waals surface area (Å²) in [4.78, 5) is 0. The molecule has 0 radical (unpaired) electrons. The van der Waals surface area contributed by atoms with Gasteiger partial charge in [0.25, 0.3) is 0 Å². The molecule has 1 aromatic heterocycles. The molecule has 0 aliphatic rings. The molecule has 1 rings (SSSR count). The van der Waals surface area contributed by atoms with Crippen LogP contribution in [0.4, 0.5) is 0 Å². The molecule has 2 heteroatoms. The van der Waals surface area contributed by atoms with E-state index in [1.165, 1.54) is 12.0 Å². The minimum absolute atomic E-state index is 0.755. The van der Waals surface area contributed by atoms with Gasteiger partial charge in [-0.25, -0.2) is 0 Å². The second kappa shape index (κ2) is 5.40. The molecule has 0 fully saturated rings. The van der Waals surface area contributed by atoms with E-state index >= 15 is 0 Å². The van der Waals surface area contributed by atoms with E-state index in [2.05, 4.69) is 36.0 Å². The Morgan fingerprint density at radius 1 is 1.38 bits per heavy atom. The highest BCUT2D eigenvalue weighted by Crippen LogP contribution is 2.18. The van der Waals surface area contributed by atoms with Gasteiger partial charge < -0.3 is 5.32 Å². The lowest BCUT2D eigenvalue weighted by Gasteiger charge is -2.18. The largest absolute Gasteiger partial charge is 0.319 e. The molecule has 2 atom stereocenters. The lowest BCUT2D eigenvalue weighted by atomic mass is 9.90. The molecule has 1 N–H and O–H groups in total. The number of hydrogen-bond donors (Lipinski definition) is 1. The quantitative estimate of drug-likeness (QED) is 0.765. The molecule has 0 spiro atoms. The van der Waals surface area contributed by atoms with E-state index in [0.717, 1.165) is 18.4 Å². The Morgan fingerprint density at radius 2 is 2.15 bits per heavy atom. The van der Waals surface area contributed by atoms with E-state index in [1.807, 2.05) is 7.05 Å². The van der Waals surface area contributed by atoms with Crippen LogP contribution in [0.15, 0.2) is 16.8 Å². The maximum Gasteiger partial charge on any atom is -0.00235 e. The number of nitrogens with one attached hydrogen (secondary N) is 1. The van der Waals surface area contributed by atoms with E-state index in [4.69, 9.17) is 0 Å². The number of hydrogen-bond acceptors (Lipinski definition) is 2. The molecule has 1 heterocycles. The third kappa shape index (κ3) is 3.49. The topological polar surface area (TPSA) is 12.0 Å². The predicted molar refractivity (Wildman–Crippen MR) is 60.3 cm³/mol. The van der Waals surface area contributed by atoms with Crippen LogP contribution in [0.2, 0.25) is 0 Å². The van der Waals surface area contributed by atoms with Crippen molar-refractivity contribution >= 4 is 11.3 Å². The van der Waals surface area contributed by atoms with Gasteiger partial charge in [0.15, 0.2) is 0 Å². The fourth-order valence-electron chi connectivity index (χ4n) is 1.50. The van der Waals surface area contributed by atoms with Crippen molar-refractivity contribution < 1.29 is 0 Å². The SMILES string of the molecule is CNCC(C)C(C)Cc1ccsc1. The zero-order valence-electron chi connectivity index (χ0n) is 8.71. The number of rotatable bonds is 5. The minimum Gasteiger partial charge on any atom is -0.319 e. The first-order chi connectivity index (χ1) is 6.24. The zero-order valence-corrected chi connectivity index (χ0v) is 9.53. The van der Waals surface area contributed by atoms with Crippen molar-refractivity contribution in [3.8, 4) is 0 Å². The summed E-state index contributed by atoms with van der Waals surface area (Å²) in [5, 5.41) is 7.64. The Bertz CT molecular complexity index is 218. The lowest BCUT2D eigenvalue weighted by molar-refractivity contribution is 0.375. The summed E-state index contributed by atoms with van der Waals surface area (Å²) in [6, 6.07) is 2.23. The average Bonchev–Trinajstić information content (AvgIpc) is 2.57. The van der Waals surface area contributed by atoms with Crippen LogP contribution in [0.25, 0.3) is 0 Å². The molecule has 0 saturated heterocycles. The van der Waals surface area contributed by atoms with Crippen molar-refractivity contribution in [2.24, 2.45) is 11.8 Å². The smallest absolute Gasteiger partial charge is 0.00235 e. The highest BCUT2D eigenvalue weighted by atomic mass is 32.1. The van der Waals surface area contributed by atoms with Gasteiger partial charge in [0.05, 0.1) is 0 Å². The molecule has 0 amide bonds. The van der Waals surface area contributed by atoms with E-state index in [-0.39, 0.29) is 0 Å².